The quantitative estimate of drug-likeness (QED) is 0.869. The molecule has 1 rings (SSSR count). The van der Waals surface area contributed by atoms with Gasteiger partial charge in [0.1, 0.15) is 11.4 Å². The van der Waals surface area contributed by atoms with Gasteiger partial charge in [-0.2, -0.15) is 0 Å². The minimum Gasteiger partial charge on any atom is -0.465 e. The molecule has 0 saturated heterocycles. The van der Waals surface area contributed by atoms with Gasteiger partial charge in [-0.3, -0.25) is 0 Å². The molecule has 1 N–H and O–H groups in total. The lowest BCUT2D eigenvalue weighted by molar-refractivity contribution is 0.0522. The van der Waals surface area contributed by atoms with Crippen molar-refractivity contribution in [2.24, 2.45) is 0 Å². The van der Waals surface area contributed by atoms with Crippen LogP contribution >= 0.6 is 11.6 Å². The molecule has 0 aliphatic rings. The minimum absolute atomic E-state index is 0.00886. The summed E-state index contributed by atoms with van der Waals surface area (Å²) in [7, 11) is 1.20. The van der Waals surface area contributed by atoms with Crippen LogP contribution in [-0.2, 0) is 16.0 Å². The van der Waals surface area contributed by atoms with E-state index in [-0.39, 0.29) is 22.7 Å². The first-order valence-corrected chi connectivity index (χ1v) is 6.55. The van der Waals surface area contributed by atoms with Gasteiger partial charge >= 0.3 is 12.1 Å². The van der Waals surface area contributed by atoms with E-state index in [9.17, 15) is 14.0 Å². The van der Waals surface area contributed by atoms with Gasteiger partial charge in [0.05, 0.1) is 24.2 Å². The summed E-state index contributed by atoms with van der Waals surface area (Å²) in [5.74, 6) is -1.32. The Morgan fingerprint density at radius 3 is 2.48 bits per heavy atom. The first-order chi connectivity index (χ1) is 9.65. The molecule has 0 fully saturated rings. The number of hydrogen-bond acceptors (Lipinski definition) is 4. The van der Waals surface area contributed by atoms with Crippen molar-refractivity contribution in [3.05, 3.63) is 34.1 Å². The molecule has 116 valence electrons. The van der Waals surface area contributed by atoms with Gasteiger partial charge in [0, 0.05) is 5.56 Å². The molecule has 0 spiro atoms. The van der Waals surface area contributed by atoms with Gasteiger partial charge in [0.25, 0.3) is 0 Å². The van der Waals surface area contributed by atoms with E-state index in [0.29, 0.717) is 0 Å². The zero-order valence-electron chi connectivity index (χ0n) is 12.3. The maximum absolute atomic E-state index is 13.8. The molecular weight excluding hydrogens is 301 g/mol. The fourth-order valence-corrected chi connectivity index (χ4v) is 1.80. The minimum atomic E-state index is -0.707. The molecule has 0 radical (unpaired) electrons. The molecule has 0 aromatic heterocycles. The summed E-state index contributed by atoms with van der Waals surface area (Å²) in [6.07, 6.45) is -0.707. The van der Waals surface area contributed by atoms with Crippen molar-refractivity contribution in [1.29, 1.82) is 0 Å². The number of benzene rings is 1. The predicted octanol–water partition coefficient (Wildman–Crippen LogP) is 3.29. The molecule has 7 heteroatoms. The van der Waals surface area contributed by atoms with Gasteiger partial charge in [0.15, 0.2) is 0 Å². The Hall–Kier alpha value is -1.82. The maximum atomic E-state index is 13.8. The molecule has 21 heavy (non-hydrogen) atoms. The summed E-state index contributed by atoms with van der Waals surface area (Å²) in [6.45, 7) is 4.92. The summed E-state index contributed by atoms with van der Waals surface area (Å²) < 4.78 is 23.3. The molecule has 0 aliphatic carbocycles. The van der Waals surface area contributed by atoms with E-state index in [0.717, 1.165) is 6.07 Å². The molecule has 0 unspecified atom stereocenters. The highest BCUT2D eigenvalue weighted by atomic mass is 35.5. The molecule has 5 nitrogen and oxygen atoms in total. The fraction of sp³-hybridized carbons (Fsp3) is 0.429. The van der Waals surface area contributed by atoms with Crippen molar-refractivity contribution < 1.29 is 23.5 Å². The number of hydrogen-bond donors (Lipinski definition) is 1. The molecule has 1 aromatic rings. The second-order valence-electron chi connectivity index (χ2n) is 5.23. The normalized spacial score (nSPS) is 11.0. The molecular formula is C14H17ClFNO4. The Bertz CT molecular complexity index is 555. The monoisotopic (exact) mass is 317 g/mol. The molecule has 0 heterocycles. The zero-order valence-corrected chi connectivity index (χ0v) is 13.0. The maximum Gasteiger partial charge on any atom is 0.407 e. The number of amides is 1. The third-order valence-electron chi connectivity index (χ3n) is 2.40. The molecule has 0 atom stereocenters. The highest BCUT2D eigenvalue weighted by molar-refractivity contribution is 6.34. The Labute approximate surface area is 127 Å². The van der Waals surface area contributed by atoms with Crippen LogP contribution in [0.1, 0.15) is 36.7 Å². The number of rotatable bonds is 3. The summed E-state index contributed by atoms with van der Waals surface area (Å²) in [6, 6.07) is 2.31. The predicted molar refractivity (Wildman–Crippen MR) is 75.8 cm³/mol. The van der Waals surface area contributed by atoms with Gasteiger partial charge in [-0.1, -0.05) is 11.6 Å². The van der Waals surface area contributed by atoms with Crippen molar-refractivity contribution in [1.82, 2.24) is 5.32 Å². The molecule has 1 amide bonds. The van der Waals surface area contributed by atoms with Crippen LogP contribution in [0.5, 0.6) is 0 Å². The summed E-state index contributed by atoms with van der Waals surface area (Å²) >= 11 is 5.97. The molecule has 0 aliphatic heterocycles. The van der Waals surface area contributed by atoms with Crippen molar-refractivity contribution in [2.75, 3.05) is 7.11 Å². The fourth-order valence-electron chi connectivity index (χ4n) is 1.50. The van der Waals surface area contributed by atoms with Crippen LogP contribution < -0.4 is 5.32 Å². The first-order valence-electron chi connectivity index (χ1n) is 6.17. The number of methoxy groups -OCH3 is 1. The van der Waals surface area contributed by atoms with E-state index in [1.165, 1.54) is 13.2 Å². The third kappa shape index (κ3) is 4.90. The molecule has 1 aromatic carbocycles. The zero-order chi connectivity index (χ0) is 16.2. The lowest BCUT2D eigenvalue weighted by atomic mass is 10.1. The number of alkyl carbamates (subject to hydrolysis) is 1. The summed E-state index contributed by atoms with van der Waals surface area (Å²) in [5, 5.41) is 2.28. The van der Waals surface area contributed by atoms with Crippen LogP contribution in [0.15, 0.2) is 12.1 Å². The van der Waals surface area contributed by atoms with Gasteiger partial charge in [0.2, 0.25) is 0 Å². The topological polar surface area (TPSA) is 64.6 Å². The standard InChI is InChI=1S/C14H17ClFNO4/c1-14(2,3)21-13(19)17-7-9-10(16)6-5-8(11(9)15)12(18)20-4/h5-6H,7H2,1-4H3,(H,17,19). The van der Waals surface area contributed by atoms with Gasteiger partial charge < -0.3 is 14.8 Å². The highest BCUT2D eigenvalue weighted by Gasteiger charge is 2.20. The van der Waals surface area contributed by atoms with Crippen LogP contribution in [0.4, 0.5) is 9.18 Å². The first kappa shape index (κ1) is 17.2. The Kier molecular flexibility index (Phi) is 5.54. The number of esters is 1. The Balaban J connectivity index is 2.89. The second-order valence-corrected chi connectivity index (χ2v) is 5.61. The van der Waals surface area contributed by atoms with Crippen molar-refractivity contribution in [3.8, 4) is 0 Å². The van der Waals surface area contributed by atoms with Gasteiger partial charge in [-0.15, -0.1) is 0 Å². The van der Waals surface area contributed by atoms with E-state index in [1.54, 1.807) is 20.8 Å². The summed E-state index contributed by atoms with van der Waals surface area (Å²) in [5.41, 5.74) is -0.646. The van der Waals surface area contributed by atoms with E-state index >= 15 is 0 Å². The van der Waals surface area contributed by atoms with Crippen LogP contribution in [0, 0.1) is 5.82 Å². The third-order valence-corrected chi connectivity index (χ3v) is 2.83. The van der Waals surface area contributed by atoms with Gasteiger partial charge in [-0.05, 0) is 32.9 Å². The van der Waals surface area contributed by atoms with Crippen LogP contribution in [0.3, 0.4) is 0 Å². The highest BCUT2D eigenvalue weighted by Crippen LogP contribution is 2.24. The van der Waals surface area contributed by atoms with E-state index in [4.69, 9.17) is 16.3 Å². The van der Waals surface area contributed by atoms with Crippen LogP contribution in [-0.4, -0.2) is 24.8 Å². The van der Waals surface area contributed by atoms with Crippen LogP contribution in [0.25, 0.3) is 0 Å². The number of halogens is 2. The molecule has 0 saturated carbocycles. The van der Waals surface area contributed by atoms with E-state index < -0.39 is 23.5 Å². The smallest absolute Gasteiger partial charge is 0.407 e. The van der Waals surface area contributed by atoms with E-state index in [1.807, 2.05) is 0 Å². The summed E-state index contributed by atoms with van der Waals surface area (Å²) in [4.78, 5) is 23.0. The number of nitrogens with one attached hydrogen (secondary N) is 1. The second kappa shape index (κ2) is 6.76. The SMILES string of the molecule is COC(=O)c1ccc(F)c(CNC(=O)OC(C)(C)C)c1Cl. The Morgan fingerprint density at radius 2 is 1.95 bits per heavy atom. The molecule has 0 bridgehead atoms. The van der Waals surface area contributed by atoms with Crippen molar-refractivity contribution in [2.45, 2.75) is 32.9 Å². The lowest BCUT2D eigenvalue weighted by Crippen LogP contribution is -2.32. The average molecular weight is 318 g/mol. The number of ether oxygens (including phenoxy) is 2. The van der Waals surface area contributed by atoms with E-state index in [2.05, 4.69) is 10.1 Å². The number of carbonyl (C=O) groups is 2. The van der Waals surface area contributed by atoms with Crippen molar-refractivity contribution >= 4 is 23.7 Å². The van der Waals surface area contributed by atoms with Crippen molar-refractivity contribution in [3.63, 3.8) is 0 Å². The lowest BCUT2D eigenvalue weighted by Gasteiger charge is -2.20. The Morgan fingerprint density at radius 1 is 1.33 bits per heavy atom. The average Bonchev–Trinajstić information content (AvgIpc) is 2.35. The van der Waals surface area contributed by atoms with Gasteiger partial charge in [-0.25, -0.2) is 14.0 Å². The number of carbonyl (C=O) groups excluding carboxylic acids is 2. The van der Waals surface area contributed by atoms with Crippen LogP contribution in [0.2, 0.25) is 5.02 Å². The largest absolute Gasteiger partial charge is 0.465 e.